The van der Waals surface area contributed by atoms with Crippen LogP contribution in [0.4, 0.5) is 0 Å². The first-order valence-electron chi connectivity index (χ1n) is 13.9. The smallest absolute Gasteiger partial charge is 0.308 e. The quantitative estimate of drug-likeness (QED) is 0.176. The first-order chi connectivity index (χ1) is 19.5. The molecule has 5 atom stereocenters. The average molecular weight is 545 g/mol. The molecule has 0 N–H and O–H groups in total. The molecule has 1 aliphatic rings. The summed E-state index contributed by atoms with van der Waals surface area (Å²) in [7, 11) is 0. The van der Waals surface area contributed by atoms with E-state index in [2.05, 4.69) is 6.58 Å². The van der Waals surface area contributed by atoms with Crippen LogP contribution in [0.15, 0.2) is 104 Å². The van der Waals surface area contributed by atoms with Gasteiger partial charge in [-0.2, -0.15) is 0 Å². The monoisotopic (exact) mass is 544 g/mol. The van der Waals surface area contributed by atoms with Crippen molar-refractivity contribution in [1.29, 1.82) is 0 Å². The summed E-state index contributed by atoms with van der Waals surface area (Å²) in [6.45, 7) is 8.98. The zero-order chi connectivity index (χ0) is 28.2. The first kappa shape index (κ1) is 29.7. The molecule has 0 aliphatic carbocycles. The Kier molecular flexibility index (Phi) is 11.5. The van der Waals surface area contributed by atoms with Crippen molar-refractivity contribution in [2.45, 2.75) is 70.6 Å². The summed E-state index contributed by atoms with van der Waals surface area (Å²) in [5.74, 6) is -0.605. The minimum absolute atomic E-state index is 0.290. The lowest BCUT2D eigenvalue weighted by Gasteiger charge is -2.46. The maximum Gasteiger partial charge on any atom is 0.308 e. The molecular weight excluding hydrogens is 504 g/mol. The van der Waals surface area contributed by atoms with E-state index in [-0.39, 0.29) is 18.5 Å². The van der Waals surface area contributed by atoms with Gasteiger partial charge < -0.3 is 23.7 Å². The van der Waals surface area contributed by atoms with Crippen LogP contribution in [0.5, 0.6) is 0 Å². The van der Waals surface area contributed by atoms with E-state index in [0.717, 1.165) is 16.7 Å². The summed E-state index contributed by atoms with van der Waals surface area (Å²) in [4.78, 5) is 12.9. The summed E-state index contributed by atoms with van der Waals surface area (Å²) in [6.07, 6.45) is -0.455. The number of ether oxygens (including phenoxy) is 5. The van der Waals surface area contributed by atoms with Gasteiger partial charge in [-0.25, -0.2) is 0 Å². The molecule has 1 fully saturated rings. The van der Waals surface area contributed by atoms with Crippen LogP contribution in [0.3, 0.4) is 0 Å². The topological polar surface area (TPSA) is 63.2 Å². The number of hydrogen-bond donors (Lipinski definition) is 0. The van der Waals surface area contributed by atoms with E-state index in [1.165, 1.54) is 0 Å². The molecule has 1 saturated heterocycles. The van der Waals surface area contributed by atoms with E-state index >= 15 is 0 Å². The number of rotatable bonds is 14. The van der Waals surface area contributed by atoms with Crippen molar-refractivity contribution in [3.8, 4) is 0 Å². The lowest BCUT2D eigenvalue weighted by Crippen LogP contribution is -2.61. The van der Waals surface area contributed by atoms with Gasteiger partial charge in [0.15, 0.2) is 6.10 Å². The number of hydrogen-bond acceptors (Lipinski definition) is 6. The molecule has 0 spiro atoms. The number of esters is 1. The lowest BCUT2D eigenvalue weighted by atomic mass is 9.92. The van der Waals surface area contributed by atoms with Crippen molar-refractivity contribution < 1.29 is 28.5 Å². The van der Waals surface area contributed by atoms with Gasteiger partial charge in [0.2, 0.25) is 0 Å². The van der Waals surface area contributed by atoms with Crippen LogP contribution < -0.4 is 0 Å². The summed E-state index contributed by atoms with van der Waals surface area (Å²) >= 11 is 0. The van der Waals surface area contributed by atoms with Crippen molar-refractivity contribution >= 4 is 5.97 Å². The summed E-state index contributed by atoms with van der Waals surface area (Å²) in [5.41, 5.74) is 3.11. The molecule has 0 saturated carbocycles. The molecule has 212 valence electrons. The van der Waals surface area contributed by atoms with E-state index in [0.29, 0.717) is 26.2 Å². The summed E-state index contributed by atoms with van der Waals surface area (Å²) in [5, 5.41) is 0. The second-order valence-electron chi connectivity index (χ2n) is 10.3. The average Bonchev–Trinajstić information content (AvgIpc) is 2.98. The highest BCUT2D eigenvalue weighted by atomic mass is 16.6. The third kappa shape index (κ3) is 8.60. The molecule has 6 nitrogen and oxygen atoms in total. The molecule has 0 amide bonds. The van der Waals surface area contributed by atoms with Crippen LogP contribution >= 0.6 is 0 Å². The highest BCUT2D eigenvalue weighted by molar-refractivity contribution is 5.71. The fraction of sp³-hybridized carbons (Fsp3) is 0.382. The molecule has 3 aromatic rings. The molecular formula is C34H40O6. The number of carbonyl (C=O) groups excluding carboxylic acids is 1. The highest BCUT2D eigenvalue weighted by Gasteiger charge is 2.49. The van der Waals surface area contributed by atoms with Crippen LogP contribution in [0.2, 0.25) is 0 Å². The van der Waals surface area contributed by atoms with Gasteiger partial charge in [-0.1, -0.05) is 111 Å². The van der Waals surface area contributed by atoms with Gasteiger partial charge in [-0.3, -0.25) is 4.79 Å². The Morgan fingerprint density at radius 2 is 1.25 bits per heavy atom. The summed E-state index contributed by atoms with van der Waals surface area (Å²) in [6, 6.07) is 29.9. The normalized spacial score (nSPS) is 22.6. The van der Waals surface area contributed by atoms with Crippen molar-refractivity contribution in [2.75, 3.05) is 6.61 Å². The molecule has 0 bridgehead atoms. The Bertz CT molecular complexity index is 1150. The van der Waals surface area contributed by atoms with Gasteiger partial charge >= 0.3 is 5.97 Å². The van der Waals surface area contributed by atoms with Gasteiger partial charge in [0, 0.05) is 0 Å². The molecule has 0 unspecified atom stereocenters. The fourth-order valence-corrected chi connectivity index (χ4v) is 4.68. The second-order valence-corrected chi connectivity index (χ2v) is 10.3. The Morgan fingerprint density at radius 3 is 1.75 bits per heavy atom. The Balaban J connectivity index is 1.61. The van der Waals surface area contributed by atoms with Gasteiger partial charge in [-0.05, 0) is 23.1 Å². The van der Waals surface area contributed by atoms with Crippen molar-refractivity contribution in [1.82, 2.24) is 0 Å². The third-order valence-corrected chi connectivity index (χ3v) is 6.82. The fourth-order valence-electron chi connectivity index (χ4n) is 4.68. The lowest BCUT2D eigenvalue weighted by molar-refractivity contribution is -0.266. The molecule has 1 aliphatic heterocycles. The Hall–Kier alpha value is -3.29. The standard InChI is InChI=1S/C34H40O6/c1-4-14-29-32(40-34(35)25(2)3)33(38-23-28-19-12-7-13-20-28)31(37-22-27-17-10-6-11-18-27)30(39-29)24-36-21-26-15-8-5-9-16-26/h4-13,15-20,25,29-33H,1,14,21-24H2,2-3H3/t29-,30+,31+,32-,33-/m0/s1. The molecule has 3 aromatic carbocycles. The number of benzene rings is 3. The highest BCUT2D eigenvalue weighted by Crippen LogP contribution is 2.32. The van der Waals surface area contributed by atoms with E-state index in [4.69, 9.17) is 23.7 Å². The predicted molar refractivity (Wildman–Crippen MR) is 154 cm³/mol. The van der Waals surface area contributed by atoms with Crippen LogP contribution in [0.25, 0.3) is 0 Å². The molecule has 0 aromatic heterocycles. The van der Waals surface area contributed by atoms with E-state index < -0.39 is 30.5 Å². The maximum absolute atomic E-state index is 12.9. The van der Waals surface area contributed by atoms with E-state index in [9.17, 15) is 4.79 Å². The molecule has 4 rings (SSSR count). The third-order valence-electron chi connectivity index (χ3n) is 6.82. The van der Waals surface area contributed by atoms with Gasteiger partial charge in [-0.15, -0.1) is 6.58 Å². The second kappa shape index (κ2) is 15.5. The molecule has 0 radical (unpaired) electrons. The Labute approximate surface area is 237 Å². The molecule has 40 heavy (non-hydrogen) atoms. The van der Waals surface area contributed by atoms with Crippen LogP contribution in [-0.4, -0.2) is 43.1 Å². The van der Waals surface area contributed by atoms with Gasteiger partial charge in [0.25, 0.3) is 0 Å². The maximum atomic E-state index is 12.9. The van der Waals surface area contributed by atoms with Crippen molar-refractivity contribution in [3.05, 3.63) is 120 Å². The van der Waals surface area contributed by atoms with Crippen LogP contribution in [0.1, 0.15) is 37.0 Å². The minimum atomic E-state index is -0.678. The minimum Gasteiger partial charge on any atom is -0.456 e. The van der Waals surface area contributed by atoms with Gasteiger partial charge in [0.1, 0.15) is 24.4 Å². The molecule has 1 heterocycles. The zero-order valence-corrected chi connectivity index (χ0v) is 23.4. The van der Waals surface area contributed by atoms with Crippen LogP contribution in [-0.2, 0) is 48.3 Å². The van der Waals surface area contributed by atoms with Crippen molar-refractivity contribution in [2.24, 2.45) is 5.92 Å². The number of carbonyl (C=O) groups is 1. The van der Waals surface area contributed by atoms with E-state index in [1.54, 1.807) is 6.08 Å². The first-order valence-corrected chi connectivity index (χ1v) is 13.9. The SMILES string of the molecule is C=CC[C@@H]1O[C@H](COCc2ccccc2)[C@@H](OCc2ccccc2)[C@H](OCc2ccccc2)[C@H]1OC(=O)C(C)C. The Morgan fingerprint density at radius 1 is 0.750 bits per heavy atom. The van der Waals surface area contributed by atoms with E-state index in [1.807, 2.05) is 105 Å². The van der Waals surface area contributed by atoms with Crippen LogP contribution in [0, 0.1) is 5.92 Å². The zero-order valence-electron chi connectivity index (χ0n) is 23.4. The van der Waals surface area contributed by atoms with Crippen molar-refractivity contribution in [3.63, 3.8) is 0 Å². The molecule has 6 heteroatoms. The predicted octanol–water partition coefficient (Wildman–Crippen LogP) is 6.29. The summed E-state index contributed by atoms with van der Waals surface area (Å²) < 4.78 is 31.9. The van der Waals surface area contributed by atoms with Gasteiger partial charge in [0.05, 0.1) is 32.3 Å². The largest absolute Gasteiger partial charge is 0.456 e.